The maximum Gasteiger partial charge on any atom is 0.259 e. The van der Waals surface area contributed by atoms with Crippen molar-refractivity contribution in [1.29, 1.82) is 0 Å². The first kappa shape index (κ1) is 20.3. The molecule has 158 valence electrons. The maximum absolute atomic E-state index is 13.3. The number of halogens is 1. The number of rotatable bonds is 6. The van der Waals surface area contributed by atoms with Crippen molar-refractivity contribution in [3.8, 4) is 11.3 Å². The minimum absolute atomic E-state index is 0.180. The van der Waals surface area contributed by atoms with Crippen LogP contribution in [-0.2, 0) is 11.3 Å². The van der Waals surface area contributed by atoms with Gasteiger partial charge in [0.25, 0.3) is 11.6 Å². The second-order valence-corrected chi connectivity index (χ2v) is 7.00. The number of hydrogen-bond donors (Lipinski definition) is 2. The summed E-state index contributed by atoms with van der Waals surface area (Å²) in [6.07, 6.45) is 1.52. The molecule has 0 bridgehead atoms. The Balaban J connectivity index is 1.58. The van der Waals surface area contributed by atoms with E-state index in [1.54, 1.807) is 44.2 Å². The van der Waals surface area contributed by atoms with Crippen LogP contribution in [0.1, 0.15) is 28.7 Å². The van der Waals surface area contributed by atoms with Gasteiger partial charge in [0.2, 0.25) is 5.91 Å². The molecule has 0 saturated heterocycles. The third-order valence-corrected chi connectivity index (χ3v) is 4.76. The fourth-order valence-corrected chi connectivity index (χ4v) is 3.12. The molecule has 0 aliphatic rings. The third-order valence-electron chi connectivity index (χ3n) is 4.76. The Morgan fingerprint density at radius 1 is 1.19 bits per heavy atom. The summed E-state index contributed by atoms with van der Waals surface area (Å²) in [5.74, 6) is -0.627. The lowest BCUT2D eigenvalue weighted by atomic mass is 10.0. The summed E-state index contributed by atoms with van der Waals surface area (Å²) in [7, 11) is 0. The highest BCUT2D eigenvalue weighted by atomic mass is 19.1. The van der Waals surface area contributed by atoms with Crippen LogP contribution in [-0.4, -0.2) is 28.0 Å². The van der Waals surface area contributed by atoms with Gasteiger partial charge in [0, 0.05) is 5.56 Å². The van der Waals surface area contributed by atoms with Crippen LogP contribution in [0.5, 0.6) is 0 Å². The van der Waals surface area contributed by atoms with E-state index in [1.807, 2.05) is 0 Å². The van der Waals surface area contributed by atoms with Gasteiger partial charge >= 0.3 is 0 Å². The average Bonchev–Trinajstić information content (AvgIpc) is 3.41. The van der Waals surface area contributed by atoms with E-state index in [2.05, 4.69) is 20.8 Å². The molecule has 0 radical (unpaired) electrons. The molecule has 0 aliphatic heterocycles. The second-order valence-electron chi connectivity index (χ2n) is 7.00. The van der Waals surface area contributed by atoms with Crippen molar-refractivity contribution in [2.24, 2.45) is 0 Å². The number of carbonyl (C=O) groups is 2. The number of carbonyl (C=O) groups excluding carboxylic acids is 2. The van der Waals surface area contributed by atoms with E-state index in [0.29, 0.717) is 28.1 Å². The number of aromatic nitrogens is 2. The molecule has 3 heterocycles. The Kier molecular flexibility index (Phi) is 5.48. The highest BCUT2D eigenvalue weighted by Gasteiger charge is 2.22. The Morgan fingerprint density at radius 3 is 2.68 bits per heavy atom. The molecule has 31 heavy (non-hydrogen) atoms. The van der Waals surface area contributed by atoms with Gasteiger partial charge in [0.1, 0.15) is 17.6 Å². The van der Waals surface area contributed by atoms with Crippen LogP contribution in [0.3, 0.4) is 0 Å². The molecule has 8 nitrogen and oxygen atoms in total. The molecule has 1 unspecified atom stereocenters. The van der Waals surface area contributed by atoms with Crippen LogP contribution in [0, 0.1) is 12.7 Å². The quantitative estimate of drug-likeness (QED) is 0.493. The minimum atomic E-state index is -0.805. The van der Waals surface area contributed by atoms with Crippen LogP contribution < -0.4 is 10.6 Å². The molecule has 4 rings (SSSR count). The van der Waals surface area contributed by atoms with Crippen LogP contribution in [0.2, 0.25) is 0 Å². The van der Waals surface area contributed by atoms with E-state index < -0.39 is 11.9 Å². The molecule has 2 N–H and O–H groups in total. The first-order chi connectivity index (χ1) is 14.9. The van der Waals surface area contributed by atoms with E-state index in [-0.39, 0.29) is 29.5 Å². The molecular weight excluding hydrogens is 403 g/mol. The van der Waals surface area contributed by atoms with Gasteiger partial charge in [-0.25, -0.2) is 9.37 Å². The van der Waals surface area contributed by atoms with Gasteiger partial charge in [0.15, 0.2) is 0 Å². The van der Waals surface area contributed by atoms with Crippen molar-refractivity contribution in [2.45, 2.75) is 26.4 Å². The van der Waals surface area contributed by atoms with Crippen molar-refractivity contribution in [2.75, 3.05) is 0 Å². The molecule has 1 aromatic carbocycles. The van der Waals surface area contributed by atoms with E-state index in [0.717, 1.165) is 0 Å². The number of fused-ring (bicyclic) bond motifs is 1. The molecule has 0 aliphatic carbocycles. The zero-order valence-electron chi connectivity index (χ0n) is 16.8. The Hall–Kier alpha value is -4.01. The molecule has 9 heteroatoms. The summed E-state index contributed by atoms with van der Waals surface area (Å²) in [5.41, 5.74) is 1.96. The lowest BCUT2D eigenvalue weighted by Gasteiger charge is -2.14. The number of nitrogens with one attached hydrogen (secondary N) is 2. The Bertz CT molecular complexity index is 1230. The van der Waals surface area contributed by atoms with Gasteiger partial charge in [-0.15, -0.1) is 0 Å². The van der Waals surface area contributed by atoms with E-state index in [4.69, 9.17) is 8.94 Å². The summed E-state index contributed by atoms with van der Waals surface area (Å²) in [4.78, 5) is 29.8. The Morgan fingerprint density at radius 2 is 1.97 bits per heavy atom. The zero-order valence-corrected chi connectivity index (χ0v) is 16.8. The monoisotopic (exact) mass is 422 g/mol. The van der Waals surface area contributed by atoms with E-state index >= 15 is 0 Å². The van der Waals surface area contributed by atoms with Crippen LogP contribution in [0.15, 0.2) is 57.7 Å². The number of pyridine rings is 1. The lowest BCUT2D eigenvalue weighted by Crippen LogP contribution is -2.44. The smallest absolute Gasteiger partial charge is 0.259 e. The van der Waals surface area contributed by atoms with Gasteiger partial charge in [0.05, 0.1) is 35.1 Å². The van der Waals surface area contributed by atoms with Gasteiger partial charge in [-0.3, -0.25) is 9.59 Å². The van der Waals surface area contributed by atoms with Gasteiger partial charge in [-0.05, 0) is 56.3 Å². The van der Waals surface area contributed by atoms with Gasteiger partial charge < -0.3 is 19.6 Å². The Labute approximate surface area is 176 Å². The zero-order chi connectivity index (χ0) is 22.0. The summed E-state index contributed by atoms with van der Waals surface area (Å²) in [6, 6.07) is 9.95. The minimum Gasteiger partial charge on any atom is -0.467 e. The highest BCUT2D eigenvalue weighted by Crippen LogP contribution is 2.27. The predicted octanol–water partition coefficient (Wildman–Crippen LogP) is 3.37. The topological polar surface area (TPSA) is 110 Å². The van der Waals surface area contributed by atoms with Crippen LogP contribution in [0.4, 0.5) is 4.39 Å². The molecule has 0 spiro atoms. The standard InChI is InChI=1S/C22H19FN4O4/c1-12-19-17(21(29)25-13(2)20(28)24-11-16-4-3-9-30-16)10-18(26-22(19)31-27-12)14-5-7-15(23)8-6-14/h3-10,13H,11H2,1-2H3,(H,24,28)(H,25,29). The second kappa shape index (κ2) is 8.39. The number of nitrogens with zero attached hydrogens (tertiary/aromatic N) is 2. The van der Waals surface area contributed by atoms with Crippen molar-refractivity contribution in [1.82, 2.24) is 20.8 Å². The lowest BCUT2D eigenvalue weighted by molar-refractivity contribution is -0.122. The fourth-order valence-electron chi connectivity index (χ4n) is 3.12. The number of benzene rings is 1. The molecule has 1 atom stereocenters. The number of amides is 2. The molecular formula is C22H19FN4O4. The van der Waals surface area contributed by atoms with Crippen molar-refractivity contribution < 1.29 is 22.9 Å². The van der Waals surface area contributed by atoms with Crippen molar-refractivity contribution in [3.63, 3.8) is 0 Å². The number of hydrogen-bond acceptors (Lipinski definition) is 6. The van der Waals surface area contributed by atoms with E-state index in [1.165, 1.54) is 18.4 Å². The summed E-state index contributed by atoms with van der Waals surface area (Å²) in [6.45, 7) is 3.49. The molecule has 4 aromatic rings. The van der Waals surface area contributed by atoms with Gasteiger partial charge in [-0.2, -0.15) is 0 Å². The van der Waals surface area contributed by atoms with E-state index in [9.17, 15) is 14.0 Å². The number of aryl methyl sites for hydroxylation is 1. The normalized spacial score (nSPS) is 12.0. The SMILES string of the molecule is Cc1noc2nc(-c3ccc(F)cc3)cc(C(=O)NC(C)C(=O)NCc3ccco3)c12. The highest BCUT2D eigenvalue weighted by molar-refractivity contribution is 6.08. The van der Waals surface area contributed by atoms with Gasteiger partial charge in [-0.1, -0.05) is 5.16 Å². The van der Waals surface area contributed by atoms with Crippen LogP contribution in [0.25, 0.3) is 22.4 Å². The maximum atomic E-state index is 13.3. The summed E-state index contributed by atoms with van der Waals surface area (Å²) >= 11 is 0. The van der Waals surface area contributed by atoms with Crippen LogP contribution >= 0.6 is 0 Å². The predicted molar refractivity (Wildman–Crippen MR) is 109 cm³/mol. The molecule has 2 amide bonds. The van der Waals surface area contributed by atoms with Crippen molar-refractivity contribution in [3.05, 3.63) is 71.6 Å². The first-order valence-electron chi connectivity index (χ1n) is 9.56. The first-order valence-corrected chi connectivity index (χ1v) is 9.56. The van der Waals surface area contributed by atoms with Crippen molar-refractivity contribution >= 4 is 22.9 Å². The summed E-state index contributed by atoms with van der Waals surface area (Å²) < 4.78 is 23.7. The number of furan rings is 1. The third kappa shape index (κ3) is 4.30. The largest absolute Gasteiger partial charge is 0.467 e. The average molecular weight is 422 g/mol. The summed E-state index contributed by atoms with van der Waals surface area (Å²) in [5, 5.41) is 9.73. The molecule has 0 saturated carbocycles. The molecule has 0 fully saturated rings. The molecule has 3 aromatic heterocycles. The fraction of sp³-hybridized carbons (Fsp3) is 0.182.